The molecule has 9 nitrogen and oxygen atoms in total. The molecule has 1 atom stereocenters. The Hall–Kier alpha value is -4.20. The number of hydrogen-bond acceptors (Lipinski definition) is 8. The highest BCUT2D eigenvalue weighted by atomic mass is 19.1. The van der Waals surface area contributed by atoms with Gasteiger partial charge in [-0.05, 0) is 30.3 Å². The van der Waals surface area contributed by atoms with Gasteiger partial charge in [-0.3, -0.25) is 9.69 Å². The summed E-state index contributed by atoms with van der Waals surface area (Å²) in [6.45, 7) is 3.40. The van der Waals surface area contributed by atoms with E-state index in [1.807, 2.05) is 6.07 Å². The molecule has 3 aliphatic heterocycles. The zero-order chi connectivity index (χ0) is 25.0. The molecule has 0 saturated carbocycles. The first-order valence-electron chi connectivity index (χ1n) is 11.5. The van der Waals surface area contributed by atoms with Crippen LogP contribution in [0.5, 0.6) is 5.75 Å². The first-order valence-corrected chi connectivity index (χ1v) is 11.5. The fourth-order valence-corrected chi connectivity index (χ4v) is 5.40. The van der Waals surface area contributed by atoms with Crippen molar-refractivity contribution >= 4 is 22.6 Å². The zero-order valence-corrected chi connectivity index (χ0v) is 19.1. The smallest absolute Gasteiger partial charge is 0.345 e. The first kappa shape index (κ1) is 22.3. The van der Waals surface area contributed by atoms with Gasteiger partial charge in [0, 0.05) is 37.4 Å². The molecule has 1 spiro atoms. The number of anilines is 1. The van der Waals surface area contributed by atoms with E-state index in [9.17, 15) is 19.2 Å². The van der Waals surface area contributed by atoms with E-state index >= 15 is 0 Å². The molecule has 0 bridgehead atoms. The highest BCUT2D eigenvalue weighted by Gasteiger charge is 2.61. The second-order valence-electron chi connectivity index (χ2n) is 8.87. The number of carbonyl (C=O) groups is 1. The van der Waals surface area contributed by atoms with E-state index in [4.69, 9.17) is 19.6 Å². The van der Waals surface area contributed by atoms with E-state index in [1.165, 1.54) is 23.1 Å². The molecule has 10 heteroatoms. The Morgan fingerprint density at radius 1 is 1.11 bits per heavy atom. The lowest BCUT2D eigenvalue weighted by Crippen LogP contribution is -2.50. The van der Waals surface area contributed by atoms with Crippen molar-refractivity contribution in [1.29, 1.82) is 5.26 Å². The van der Waals surface area contributed by atoms with Crippen molar-refractivity contribution in [2.45, 2.75) is 5.41 Å². The summed E-state index contributed by atoms with van der Waals surface area (Å²) in [5.41, 5.74) is 3.68. The Morgan fingerprint density at radius 3 is 2.67 bits per heavy atom. The lowest BCUT2D eigenvalue weighted by Gasteiger charge is -2.34. The third-order valence-electron chi connectivity index (χ3n) is 7.05. The minimum Gasteiger partial charge on any atom is -0.439 e. The van der Waals surface area contributed by atoms with Crippen LogP contribution in [0.25, 0.3) is 11.0 Å². The van der Waals surface area contributed by atoms with Gasteiger partial charge in [-0.25, -0.2) is 9.18 Å². The van der Waals surface area contributed by atoms with Gasteiger partial charge in [0.25, 0.3) is 0 Å². The minimum atomic E-state index is -2.00. The van der Waals surface area contributed by atoms with Crippen LogP contribution in [0, 0.1) is 17.1 Å². The Kier molecular flexibility index (Phi) is 5.07. The van der Waals surface area contributed by atoms with Gasteiger partial charge >= 0.3 is 5.63 Å². The number of hydrogen-bond donors (Lipinski definition) is 1. The molecule has 4 heterocycles. The van der Waals surface area contributed by atoms with Crippen molar-refractivity contribution in [2.24, 2.45) is 5.73 Å². The molecule has 182 valence electrons. The average Bonchev–Trinajstić information content (AvgIpc) is 3.11. The first-order chi connectivity index (χ1) is 17.5. The Morgan fingerprint density at radius 2 is 1.89 bits per heavy atom. The Bertz CT molecular complexity index is 1550. The minimum absolute atomic E-state index is 0.0249. The number of amides is 1. The van der Waals surface area contributed by atoms with Crippen LogP contribution in [0.3, 0.4) is 0 Å². The number of morpholine rings is 1. The van der Waals surface area contributed by atoms with Crippen molar-refractivity contribution in [1.82, 2.24) is 4.90 Å². The highest BCUT2D eigenvalue weighted by Crippen LogP contribution is 2.55. The number of nitriles is 1. The summed E-state index contributed by atoms with van der Waals surface area (Å²) in [7, 11) is 0. The standard InChI is InChI=1S/C26H21FN4O5/c27-15-5-6-19-17(13-15)26(25(33)31(19)8-7-30-9-11-34-12-10-30)18(14-28)23(29)36-22-16-3-1-2-4-20(16)35-24(32)21(22)26/h1-6,13H,7-12,29H2. The molecule has 36 heavy (non-hydrogen) atoms. The fourth-order valence-electron chi connectivity index (χ4n) is 5.40. The molecule has 6 rings (SSSR count). The number of ether oxygens (including phenoxy) is 2. The number of nitrogens with two attached hydrogens (primary N) is 1. The van der Waals surface area contributed by atoms with E-state index < -0.39 is 22.8 Å². The van der Waals surface area contributed by atoms with Crippen LogP contribution < -0.4 is 21.0 Å². The average molecular weight is 488 g/mol. The van der Waals surface area contributed by atoms with Gasteiger partial charge in [-0.15, -0.1) is 0 Å². The van der Waals surface area contributed by atoms with Crippen LogP contribution >= 0.6 is 0 Å². The Balaban J connectivity index is 1.61. The molecule has 1 unspecified atom stereocenters. The van der Waals surface area contributed by atoms with Gasteiger partial charge < -0.3 is 24.5 Å². The summed E-state index contributed by atoms with van der Waals surface area (Å²) in [5, 5.41) is 10.6. The van der Waals surface area contributed by atoms with Crippen LogP contribution in [0.2, 0.25) is 0 Å². The summed E-state index contributed by atoms with van der Waals surface area (Å²) >= 11 is 0. The maximum atomic E-state index is 14.7. The summed E-state index contributed by atoms with van der Waals surface area (Å²) in [5.74, 6) is -1.50. The van der Waals surface area contributed by atoms with Crippen LogP contribution in [-0.2, 0) is 14.9 Å². The van der Waals surface area contributed by atoms with Crippen molar-refractivity contribution in [2.75, 3.05) is 44.3 Å². The van der Waals surface area contributed by atoms with E-state index in [-0.39, 0.29) is 40.5 Å². The molecule has 0 radical (unpaired) electrons. The van der Waals surface area contributed by atoms with Crippen LogP contribution in [-0.4, -0.2) is 50.2 Å². The van der Waals surface area contributed by atoms with E-state index in [0.29, 0.717) is 43.9 Å². The predicted molar refractivity (Wildman–Crippen MR) is 127 cm³/mol. The number of carbonyl (C=O) groups excluding carboxylic acids is 1. The third-order valence-corrected chi connectivity index (χ3v) is 7.05. The van der Waals surface area contributed by atoms with Crippen LogP contribution in [0.15, 0.2) is 63.1 Å². The van der Waals surface area contributed by atoms with Crippen molar-refractivity contribution in [3.63, 3.8) is 0 Å². The molecule has 3 aliphatic rings. The second-order valence-corrected chi connectivity index (χ2v) is 8.87. The maximum Gasteiger partial charge on any atom is 0.345 e. The van der Waals surface area contributed by atoms with Gasteiger partial charge in [0.15, 0.2) is 11.2 Å². The SMILES string of the molecule is N#CC1=C(N)Oc2c(c(=O)oc3ccccc23)C12C(=O)N(CCN1CCOCC1)c1ccc(F)cc12. The fraction of sp³-hybridized carbons (Fsp3) is 0.269. The van der Waals surface area contributed by atoms with E-state index in [1.54, 1.807) is 24.3 Å². The molecule has 1 saturated heterocycles. The van der Waals surface area contributed by atoms with Crippen molar-refractivity contribution in [3.8, 4) is 11.8 Å². The quantitative estimate of drug-likeness (QED) is 0.556. The van der Waals surface area contributed by atoms with Crippen LogP contribution in [0.4, 0.5) is 10.1 Å². The van der Waals surface area contributed by atoms with Crippen molar-refractivity contribution < 1.29 is 23.1 Å². The summed E-state index contributed by atoms with van der Waals surface area (Å²) in [6, 6.07) is 12.5. The molecule has 1 fully saturated rings. The molecular formula is C26H21FN4O5. The topological polar surface area (TPSA) is 122 Å². The second kappa shape index (κ2) is 8.19. The normalized spacial score (nSPS) is 21.4. The van der Waals surface area contributed by atoms with Gasteiger partial charge in [-0.2, -0.15) is 5.26 Å². The van der Waals surface area contributed by atoms with E-state index in [2.05, 4.69) is 4.90 Å². The largest absolute Gasteiger partial charge is 0.439 e. The number of nitrogens with zero attached hydrogens (tertiary/aromatic N) is 3. The third kappa shape index (κ3) is 3.00. The molecule has 3 aromatic rings. The number of rotatable bonds is 3. The number of halogens is 1. The monoisotopic (exact) mass is 488 g/mol. The Labute approximate surface area is 204 Å². The molecular weight excluding hydrogens is 467 g/mol. The van der Waals surface area contributed by atoms with Gasteiger partial charge in [-0.1, -0.05) is 12.1 Å². The van der Waals surface area contributed by atoms with Gasteiger partial charge in [0.1, 0.15) is 28.6 Å². The summed E-state index contributed by atoms with van der Waals surface area (Å²) in [4.78, 5) is 31.5. The van der Waals surface area contributed by atoms with Crippen LogP contribution in [0.1, 0.15) is 11.1 Å². The maximum absolute atomic E-state index is 14.7. The number of para-hydroxylation sites is 1. The number of benzene rings is 2. The predicted octanol–water partition coefficient (Wildman–Crippen LogP) is 1.98. The molecule has 1 aromatic heterocycles. The summed E-state index contributed by atoms with van der Waals surface area (Å²) in [6.07, 6.45) is 0. The summed E-state index contributed by atoms with van der Waals surface area (Å²) < 4.78 is 31.4. The molecule has 2 N–H and O–H groups in total. The molecule has 0 aliphatic carbocycles. The van der Waals surface area contributed by atoms with Gasteiger partial charge in [0.2, 0.25) is 11.8 Å². The lowest BCUT2D eigenvalue weighted by molar-refractivity contribution is -0.121. The lowest BCUT2D eigenvalue weighted by atomic mass is 9.69. The molecule has 2 aromatic carbocycles. The van der Waals surface area contributed by atoms with Gasteiger partial charge in [0.05, 0.1) is 18.6 Å². The highest BCUT2D eigenvalue weighted by molar-refractivity contribution is 6.14. The molecule has 1 amide bonds. The van der Waals surface area contributed by atoms with E-state index in [0.717, 1.165) is 0 Å². The zero-order valence-electron chi connectivity index (χ0n) is 19.1. The van der Waals surface area contributed by atoms with Crippen molar-refractivity contribution in [3.05, 3.63) is 81.3 Å². The number of fused-ring (bicyclic) bond motifs is 6.